The number of imidazole rings is 1. The van der Waals surface area contributed by atoms with Crippen molar-refractivity contribution in [2.45, 2.75) is 38.6 Å². The predicted octanol–water partition coefficient (Wildman–Crippen LogP) is 4.63. The molecule has 0 saturated heterocycles. The summed E-state index contributed by atoms with van der Waals surface area (Å²) in [7, 11) is 1.52. The number of hydrogen-bond acceptors (Lipinski definition) is 4. The minimum atomic E-state index is -0.0664. The topological polar surface area (TPSA) is 65.4 Å². The summed E-state index contributed by atoms with van der Waals surface area (Å²) in [5.74, 6) is 1.75. The van der Waals surface area contributed by atoms with Crippen LogP contribution in [0.4, 0.5) is 0 Å². The van der Waals surface area contributed by atoms with E-state index in [4.69, 9.17) is 26.1 Å². The van der Waals surface area contributed by atoms with Gasteiger partial charge in [0.1, 0.15) is 18.2 Å². The highest BCUT2D eigenvalue weighted by Crippen LogP contribution is 2.23. The SMILES string of the molecule is COCC(=O)NCCCCCc1nc2ccccc2n1CCCOc1ccccc1Cl. The Hall–Kier alpha value is -2.57. The van der Waals surface area contributed by atoms with Crippen molar-refractivity contribution in [3.8, 4) is 5.75 Å². The van der Waals surface area contributed by atoms with E-state index in [1.54, 1.807) is 0 Å². The Labute approximate surface area is 188 Å². The van der Waals surface area contributed by atoms with Crippen molar-refractivity contribution in [2.24, 2.45) is 0 Å². The fourth-order valence-corrected chi connectivity index (χ4v) is 3.72. The van der Waals surface area contributed by atoms with Gasteiger partial charge in [-0.15, -0.1) is 0 Å². The van der Waals surface area contributed by atoms with Gasteiger partial charge in [0, 0.05) is 26.6 Å². The number of para-hydroxylation sites is 3. The monoisotopic (exact) mass is 443 g/mol. The van der Waals surface area contributed by atoms with E-state index in [0.717, 1.165) is 61.3 Å². The van der Waals surface area contributed by atoms with Crippen LogP contribution in [0.1, 0.15) is 31.5 Å². The van der Waals surface area contributed by atoms with Gasteiger partial charge in [-0.05, 0) is 43.5 Å². The van der Waals surface area contributed by atoms with E-state index < -0.39 is 0 Å². The summed E-state index contributed by atoms with van der Waals surface area (Å²) < 4.78 is 13.0. The van der Waals surface area contributed by atoms with Crippen molar-refractivity contribution in [3.63, 3.8) is 0 Å². The fourth-order valence-electron chi connectivity index (χ4n) is 3.53. The zero-order chi connectivity index (χ0) is 21.9. The number of methoxy groups -OCH3 is 1. The van der Waals surface area contributed by atoms with Crippen LogP contribution in [-0.4, -0.2) is 42.3 Å². The van der Waals surface area contributed by atoms with Crippen LogP contribution in [0.25, 0.3) is 11.0 Å². The highest BCUT2D eigenvalue weighted by Gasteiger charge is 2.10. The molecule has 166 valence electrons. The summed E-state index contributed by atoms with van der Waals surface area (Å²) in [6.07, 6.45) is 4.78. The Morgan fingerprint density at radius 2 is 1.87 bits per heavy atom. The molecule has 0 spiro atoms. The third-order valence-electron chi connectivity index (χ3n) is 5.03. The van der Waals surface area contributed by atoms with Gasteiger partial charge in [-0.1, -0.05) is 42.3 Å². The molecule has 3 rings (SSSR count). The average Bonchev–Trinajstić information content (AvgIpc) is 3.12. The Bertz CT molecular complexity index is 974. The van der Waals surface area contributed by atoms with Crippen LogP contribution in [0.3, 0.4) is 0 Å². The Morgan fingerprint density at radius 1 is 1.06 bits per heavy atom. The maximum Gasteiger partial charge on any atom is 0.245 e. The molecule has 0 radical (unpaired) electrons. The number of nitrogens with one attached hydrogen (secondary N) is 1. The van der Waals surface area contributed by atoms with Gasteiger partial charge in [-0.25, -0.2) is 4.98 Å². The Balaban J connectivity index is 1.50. The van der Waals surface area contributed by atoms with Gasteiger partial charge in [0.25, 0.3) is 0 Å². The van der Waals surface area contributed by atoms with Crippen molar-refractivity contribution in [3.05, 3.63) is 59.4 Å². The van der Waals surface area contributed by atoms with Crippen LogP contribution in [0, 0.1) is 0 Å². The van der Waals surface area contributed by atoms with Crippen molar-refractivity contribution in [1.29, 1.82) is 0 Å². The number of unbranched alkanes of at least 4 members (excludes halogenated alkanes) is 2. The highest BCUT2D eigenvalue weighted by molar-refractivity contribution is 6.32. The van der Waals surface area contributed by atoms with Crippen LogP contribution >= 0.6 is 11.6 Å². The van der Waals surface area contributed by atoms with E-state index in [0.29, 0.717) is 18.2 Å². The number of ether oxygens (including phenoxy) is 2. The van der Waals surface area contributed by atoms with Gasteiger partial charge in [0.15, 0.2) is 0 Å². The molecule has 0 atom stereocenters. The third-order valence-corrected chi connectivity index (χ3v) is 5.34. The second-order valence-corrected chi connectivity index (χ2v) is 7.80. The lowest BCUT2D eigenvalue weighted by molar-refractivity contribution is -0.124. The lowest BCUT2D eigenvalue weighted by Crippen LogP contribution is -2.27. The molecule has 0 saturated carbocycles. The van der Waals surface area contributed by atoms with E-state index in [1.807, 2.05) is 36.4 Å². The largest absolute Gasteiger partial charge is 0.492 e. The first kappa shape index (κ1) is 23.1. The van der Waals surface area contributed by atoms with E-state index in [-0.39, 0.29) is 12.5 Å². The molecule has 3 aromatic rings. The quantitative estimate of drug-likeness (QED) is 0.391. The zero-order valence-corrected chi connectivity index (χ0v) is 18.7. The number of nitrogens with zero attached hydrogens (tertiary/aromatic N) is 2. The van der Waals surface area contributed by atoms with Crippen LogP contribution in [-0.2, 0) is 22.5 Å². The fraction of sp³-hybridized carbons (Fsp3) is 0.417. The normalized spacial score (nSPS) is 11.0. The standard InChI is InChI=1S/C24H30ClN3O3/c1-30-18-24(29)26-15-8-2-3-14-23-27-20-11-5-6-12-21(20)28(23)16-9-17-31-22-13-7-4-10-19(22)25/h4-7,10-13H,2-3,8-9,14-18H2,1H3,(H,26,29). The van der Waals surface area contributed by atoms with Crippen molar-refractivity contribution < 1.29 is 14.3 Å². The summed E-state index contributed by atoms with van der Waals surface area (Å²) in [6, 6.07) is 15.8. The molecule has 1 aromatic heterocycles. The van der Waals surface area contributed by atoms with Crippen LogP contribution in [0.5, 0.6) is 5.75 Å². The van der Waals surface area contributed by atoms with Crippen molar-refractivity contribution in [2.75, 3.05) is 26.9 Å². The molecule has 31 heavy (non-hydrogen) atoms. The van der Waals surface area contributed by atoms with Gasteiger partial charge in [0.05, 0.1) is 22.7 Å². The summed E-state index contributed by atoms with van der Waals surface area (Å²) >= 11 is 6.16. The van der Waals surface area contributed by atoms with Crippen LogP contribution in [0.15, 0.2) is 48.5 Å². The number of benzene rings is 2. The van der Waals surface area contributed by atoms with E-state index in [9.17, 15) is 4.79 Å². The number of amides is 1. The van der Waals surface area contributed by atoms with Crippen molar-refractivity contribution >= 4 is 28.5 Å². The number of carbonyl (C=O) groups excluding carboxylic acids is 1. The second-order valence-electron chi connectivity index (χ2n) is 7.39. The molecule has 6 nitrogen and oxygen atoms in total. The van der Waals surface area contributed by atoms with E-state index >= 15 is 0 Å². The summed E-state index contributed by atoms with van der Waals surface area (Å²) in [5, 5.41) is 3.49. The first-order chi connectivity index (χ1) is 15.2. The number of halogens is 1. The van der Waals surface area contributed by atoms with E-state index in [2.05, 4.69) is 22.0 Å². The third kappa shape index (κ3) is 6.97. The molecule has 2 aromatic carbocycles. The van der Waals surface area contributed by atoms with Gasteiger partial charge in [0.2, 0.25) is 5.91 Å². The summed E-state index contributed by atoms with van der Waals surface area (Å²) in [6.45, 7) is 2.23. The lowest BCUT2D eigenvalue weighted by Gasteiger charge is -2.11. The zero-order valence-electron chi connectivity index (χ0n) is 18.0. The van der Waals surface area contributed by atoms with Gasteiger partial charge < -0.3 is 19.4 Å². The van der Waals surface area contributed by atoms with Gasteiger partial charge in [-0.2, -0.15) is 0 Å². The summed E-state index contributed by atoms with van der Waals surface area (Å²) in [5.41, 5.74) is 2.18. The van der Waals surface area contributed by atoms with Crippen LogP contribution < -0.4 is 10.1 Å². The lowest BCUT2D eigenvalue weighted by atomic mass is 10.2. The number of carbonyl (C=O) groups is 1. The molecule has 0 bridgehead atoms. The van der Waals surface area contributed by atoms with Crippen molar-refractivity contribution in [1.82, 2.24) is 14.9 Å². The van der Waals surface area contributed by atoms with E-state index in [1.165, 1.54) is 7.11 Å². The molecule has 0 unspecified atom stereocenters. The second kappa shape index (κ2) is 12.3. The average molecular weight is 444 g/mol. The number of aromatic nitrogens is 2. The molecular weight excluding hydrogens is 414 g/mol. The summed E-state index contributed by atoms with van der Waals surface area (Å²) in [4.78, 5) is 16.3. The van der Waals surface area contributed by atoms with Gasteiger partial charge in [-0.3, -0.25) is 4.79 Å². The molecular formula is C24H30ClN3O3. The predicted molar refractivity (Wildman–Crippen MR) is 124 cm³/mol. The number of hydrogen-bond donors (Lipinski definition) is 1. The molecule has 1 heterocycles. The first-order valence-electron chi connectivity index (χ1n) is 10.8. The minimum absolute atomic E-state index is 0.0664. The molecule has 0 aliphatic heterocycles. The number of aryl methyl sites for hydroxylation is 2. The highest BCUT2D eigenvalue weighted by atomic mass is 35.5. The molecule has 0 fully saturated rings. The Morgan fingerprint density at radius 3 is 2.71 bits per heavy atom. The number of rotatable bonds is 13. The first-order valence-corrected chi connectivity index (χ1v) is 11.1. The smallest absolute Gasteiger partial charge is 0.245 e. The minimum Gasteiger partial charge on any atom is -0.492 e. The molecule has 1 N–H and O–H groups in total. The van der Waals surface area contributed by atoms with Gasteiger partial charge >= 0.3 is 0 Å². The molecule has 0 aliphatic rings. The molecule has 0 aliphatic carbocycles. The van der Waals surface area contributed by atoms with Crippen LogP contribution in [0.2, 0.25) is 5.02 Å². The number of fused-ring (bicyclic) bond motifs is 1. The Kier molecular flexibility index (Phi) is 9.18. The molecule has 7 heteroatoms. The maximum atomic E-state index is 11.4. The molecule has 1 amide bonds. The maximum absolute atomic E-state index is 11.4.